The lowest BCUT2D eigenvalue weighted by Crippen LogP contribution is -2.61. The van der Waals surface area contributed by atoms with Crippen molar-refractivity contribution in [2.75, 3.05) is 33.3 Å². The Bertz CT molecular complexity index is 1500. The molecule has 5 rings (SSSR count). The van der Waals surface area contributed by atoms with Crippen molar-refractivity contribution in [3.05, 3.63) is 106 Å². The number of fused-ring (bicyclic) bond motifs is 2. The van der Waals surface area contributed by atoms with Gasteiger partial charge < -0.3 is 19.9 Å². The van der Waals surface area contributed by atoms with Crippen molar-refractivity contribution in [1.29, 1.82) is 0 Å². The number of nitrogens with zero attached hydrogens (tertiary/aromatic N) is 2. The van der Waals surface area contributed by atoms with Crippen molar-refractivity contribution in [1.82, 2.24) is 15.1 Å². The molecule has 2 atom stereocenters. The molecule has 0 unspecified atom stereocenters. The van der Waals surface area contributed by atoms with Crippen LogP contribution in [-0.4, -0.2) is 67.0 Å². The summed E-state index contributed by atoms with van der Waals surface area (Å²) in [5, 5.41) is 3.65. The Kier molecular flexibility index (Phi) is 9.59. The zero-order valence-electron chi connectivity index (χ0n) is 27.2. The first-order valence-corrected chi connectivity index (χ1v) is 15.9. The van der Waals surface area contributed by atoms with Gasteiger partial charge >= 0.3 is 0 Å². The summed E-state index contributed by atoms with van der Waals surface area (Å²) in [6.07, 6.45) is 2.30. The number of benzene rings is 3. The van der Waals surface area contributed by atoms with Crippen LogP contribution >= 0.6 is 0 Å². The molecule has 3 aromatic carbocycles. The smallest absolute Gasteiger partial charge is 0.251 e. The molecule has 2 aliphatic heterocycles. The first-order chi connectivity index (χ1) is 21.0. The van der Waals surface area contributed by atoms with Crippen LogP contribution in [-0.2, 0) is 27.8 Å². The zero-order chi connectivity index (χ0) is 31.4. The quantitative estimate of drug-likeness (QED) is 0.333. The van der Waals surface area contributed by atoms with E-state index >= 15 is 0 Å². The largest absolute Gasteiger partial charge is 0.493 e. The summed E-state index contributed by atoms with van der Waals surface area (Å²) in [4.78, 5) is 30.1. The van der Waals surface area contributed by atoms with Crippen molar-refractivity contribution >= 4 is 17.4 Å². The van der Waals surface area contributed by atoms with E-state index in [4.69, 9.17) is 4.74 Å². The third kappa shape index (κ3) is 7.41. The van der Waals surface area contributed by atoms with Gasteiger partial charge in [-0.05, 0) is 64.6 Å². The maximum Gasteiger partial charge on any atom is 0.251 e. The Morgan fingerprint density at radius 3 is 2.32 bits per heavy atom. The van der Waals surface area contributed by atoms with Gasteiger partial charge in [-0.15, -0.1) is 0 Å². The Hall–Kier alpha value is -3.90. The van der Waals surface area contributed by atoms with Crippen molar-refractivity contribution in [3.8, 4) is 5.75 Å². The Labute approximate surface area is 263 Å². The van der Waals surface area contributed by atoms with E-state index in [0.717, 1.165) is 40.9 Å². The number of carbonyl (C=O) groups excluding carboxylic acids is 2. The standard InChI is InChI=1S/C38H47N3O3/c1-26-22-31(38(3,4)5)16-17-35(26)44-21-19-29-12-14-30(15-13-29)33-23-32-24-41(27(2)42)25-34(39-32)36(33)37(43)40(6)20-18-28-10-8-7-9-11-28/h7-17,22,32,34,39H,18-21,23-25H2,1-6H3/t32-,34-/m1/s1. The number of likely N-dealkylation sites (N-methyl/N-ethyl adjacent to an activating group) is 1. The van der Waals surface area contributed by atoms with Crippen LogP contribution in [0.2, 0.25) is 0 Å². The van der Waals surface area contributed by atoms with Gasteiger partial charge in [0.15, 0.2) is 0 Å². The number of amides is 2. The molecule has 2 bridgehead atoms. The molecule has 1 fully saturated rings. The number of rotatable bonds is 9. The minimum atomic E-state index is -0.186. The van der Waals surface area contributed by atoms with E-state index in [9.17, 15) is 9.59 Å². The number of carbonyl (C=O) groups is 2. The minimum absolute atomic E-state index is 0.0302. The second-order valence-electron chi connectivity index (χ2n) is 13.4. The summed E-state index contributed by atoms with van der Waals surface area (Å²) in [5.41, 5.74) is 7.94. The lowest BCUT2D eigenvalue weighted by molar-refractivity contribution is -0.132. The van der Waals surface area contributed by atoms with Gasteiger partial charge in [-0.25, -0.2) is 0 Å². The molecule has 0 saturated carbocycles. The normalized spacial score (nSPS) is 18.3. The molecule has 0 aliphatic carbocycles. The highest BCUT2D eigenvalue weighted by Gasteiger charge is 2.39. The summed E-state index contributed by atoms with van der Waals surface area (Å²) in [6, 6.07) is 25.3. The first kappa shape index (κ1) is 31.5. The second kappa shape index (κ2) is 13.4. The van der Waals surface area contributed by atoms with Crippen LogP contribution in [0.1, 0.15) is 61.9 Å². The van der Waals surface area contributed by atoms with Crippen molar-refractivity contribution < 1.29 is 14.3 Å². The van der Waals surface area contributed by atoms with E-state index in [-0.39, 0.29) is 29.3 Å². The number of piperazine rings is 1. The fourth-order valence-corrected chi connectivity index (χ4v) is 6.30. The van der Waals surface area contributed by atoms with Crippen LogP contribution < -0.4 is 10.1 Å². The summed E-state index contributed by atoms with van der Waals surface area (Å²) >= 11 is 0. The Balaban J connectivity index is 1.31. The predicted molar refractivity (Wildman–Crippen MR) is 178 cm³/mol. The third-order valence-corrected chi connectivity index (χ3v) is 9.00. The lowest BCUT2D eigenvalue weighted by Gasteiger charge is -2.44. The van der Waals surface area contributed by atoms with E-state index in [1.54, 1.807) is 6.92 Å². The van der Waals surface area contributed by atoms with Crippen LogP contribution in [0.15, 0.2) is 78.4 Å². The highest BCUT2D eigenvalue weighted by molar-refractivity contribution is 6.03. The number of nitrogens with one attached hydrogen (secondary N) is 1. The second-order valence-corrected chi connectivity index (χ2v) is 13.4. The molecular formula is C38H47N3O3. The highest BCUT2D eigenvalue weighted by Crippen LogP contribution is 2.34. The zero-order valence-corrected chi connectivity index (χ0v) is 27.2. The van der Waals surface area contributed by atoms with Gasteiger partial charge in [0.2, 0.25) is 5.91 Å². The summed E-state index contributed by atoms with van der Waals surface area (Å²) < 4.78 is 6.16. The van der Waals surface area contributed by atoms with Gasteiger partial charge in [-0.3, -0.25) is 9.59 Å². The molecule has 0 spiro atoms. The van der Waals surface area contributed by atoms with E-state index in [1.165, 1.54) is 16.7 Å². The van der Waals surface area contributed by atoms with Gasteiger partial charge in [0.1, 0.15) is 5.75 Å². The maximum absolute atomic E-state index is 14.0. The van der Waals surface area contributed by atoms with E-state index < -0.39 is 0 Å². The third-order valence-electron chi connectivity index (χ3n) is 9.00. The van der Waals surface area contributed by atoms with E-state index in [1.807, 2.05) is 35.0 Å². The number of hydrogen-bond acceptors (Lipinski definition) is 4. The SMILES string of the molecule is CC(=O)N1C[C@H]2CC(c3ccc(CCOc4ccc(C(C)(C)C)cc4C)cc3)=C(C(=O)N(C)CCc3ccccc3)[C@@H](C1)N2. The van der Waals surface area contributed by atoms with Crippen molar-refractivity contribution in [2.24, 2.45) is 0 Å². The fourth-order valence-electron chi connectivity index (χ4n) is 6.30. The number of aryl methyl sites for hydroxylation is 1. The average Bonchev–Trinajstić information content (AvgIpc) is 3.00. The minimum Gasteiger partial charge on any atom is -0.493 e. The van der Waals surface area contributed by atoms with Crippen LogP contribution in [0.4, 0.5) is 0 Å². The summed E-state index contributed by atoms with van der Waals surface area (Å²) in [7, 11) is 1.88. The molecule has 0 radical (unpaired) electrons. The molecule has 6 nitrogen and oxygen atoms in total. The van der Waals surface area contributed by atoms with Crippen LogP contribution in [0, 0.1) is 6.92 Å². The topological polar surface area (TPSA) is 61.9 Å². The lowest BCUT2D eigenvalue weighted by atomic mass is 9.82. The molecule has 44 heavy (non-hydrogen) atoms. The first-order valence-electron chi connectivity index (χ1n) is 15.9. The fraction of sp³-hybridized carbons (Fsp3) is 0.421. The molecule has 2 aliphatic rings. The predicted octanol–water partition coefficient (Wildman–Crippen LogP) is 5.96. The Morgan fingerprint density at radius 1 is 0.955 bits per heavy atom. The molecule has 1 N–H and O–H groups in total. The van der Waals surface area contributed by atoms with Gasteiger partial charge in [0.05, 0.1) is 12.6 Å². The molecule has 6 heteroatoms. The summed E-state index contributed by atoms with van der Waals surface area (Å²) in [5.74, 6) is 1.02. The molecule has 0 aromatic heterocycles. The molecule has 2 amide bonds. The van der Waals surface area contributed by atoms with E-state index in [0.29, 0.717) is 32.7 Å². The number of hydrogen-bond donors (Lipinski definition) is 1. The van der Waals surface area contributed by atoms with Gasteiger partial charge in [0.25, 0.3) is 5.91 Å². The van der Waals surface area contributed by atoms with Crippen LogP contribution in [0.5, 0.6) is 5.75 Å². The van der Waals surface area contributed by atoms with Gasteiger partial charge in [-0.1, -0.05) is 87.5 Å². The molecule has 3 aromatic rings. The number of ether oxygens (including phenoxy) is 1. The molecular weight excluding hydrogens is 546 g/mol. The van der Waals surface area contributed by atoms with Crippen molar-refractivity contribution in [2.45, 2.75) is 71.4 Å². The molecule has 232 valence electrons. The van der Waals surface area contributed by atoms with Crippen LogP contribution in [0.25, 0.3) is 5.57 Å². The molecule has 2 heterocycles. The molecule has 1 saturated heterocycles. The van der Waals surface area contributed by atoms with Gasteiger partial charge in [-0.2, -0.15) is 0 Å². The van der Waals surface area contributed by atoms with Gasteiger partial charge in [0, 0.05) is 51.6 Å². The Morgan fingerprint density at radius 2 is 1.66 bits per heavy atom. The maximum atomic E-state index is 14.0. The summed E-state index contributed by atoms with van der Waals surface area (Å²) in [6.45, 7) is 12.8. The van der Waals surface area contributed by atoms with E-state index in [2.05, 4.69) is 87.6 Å². The average molecular weight is 594 g/mol. The highest BCUT2D eigenvalue weighted by atomic mass is 16.5. The van der Waals surface area contributed by atoms with Crippen LogP contribution in [0.3, 0.4) is 0 Å². The van der Waals surface area contributed by atoms with Crippen molar-refractivity contribution in [3.63, 3.8) is 0 Å². The monoisotopic (exact) mass is 593 g/mol.